The summed E-state index contributed by atoms with van der Waals surface area (Å²) in [6.07, 6.45) is 0. The van der Waals surface area contributed by atoms with Crippen molar-refractivity contribution in [1.29, 1.82) is 0 Å². The molecular formula is C11H15ClF2N2O2S. The van der Waals surface area contributed by atoms with Crippen LogP contribution in [0, 0.1) is 11.6 Å². The summed E-state index contributed by atoms with van der Waals surface area (Å²) in [7, 11) is -4.11. The minimum atomic E-state index is -4.11. The van der Waals surface area contributed by atoms with Gasteiger partial charge in [-0.1, -0.05) is 6.07 Å². The van der Waals surface area contributed by atoms with Crippen molar-refractivity contribution in [1.82, 2.24) is 9.62 Å². The Balaban J connectivity index is 0.00000180. The highest BCUT2D eigenvalue weighted by Crippen LogP contribution is 2.23. The Morgan fingerprint density at radius 3 is 2.42 bits per heavy atom. The Morgan fingerprint density at radius 1 is 1.32 bits per heavy atom. The summed E-state index contributed by atoms with van der Waals surface area (Å²) in [4.78, 5) is -0.862. The third-order valence-corrected chi connectivity index (χ3v) is 4.77. The fourth-order valence-electron chi connectivity index (χ4n) is 1.97. The number of nitrogens with zero attached hydrogens (tertiary/aromatic N) is 1. The number of hydrogen-bond acceptors (Lipinski definition) is 3. The van der Waals surface area contributed by atoms with Crippen molar-refractivity contribution in [2.75, 3.05) is 19.6 Å². The van der Waals surface area contributed by atoms with Crippen molar-refractivity contribution < 1.29 is 17.2 Å². The molecule has 0 aromatic heterocycles. The van der Waals surface area contributed by atoms with Crippen LogP contribution in [0.4, 0.5) is 8.78 Å². The molecule has 0 aliphatic carbocycles. The Hall–Kier alpha value is -0.760. The number of hydrogen-bond donors (Lipinski definition) is 1. The maximum Gasteiger partial charge on any atom is 0.249 e. The van der Waals surface area contributed by atoms with Crippen LogP contribution in [0.1, 0.15) is 6.92 Å². The van der Waals surface area contributed by atoms with Crippen molar-refractivity contribution >= 4 is 22.4 Å². The van der Waals surface area contributed by atoms with E-state index in [0.717, 1.165) is 22.5 Å². The zero-order valence-corrected chi connectivity index (χ0v) is 11.9. The molecule has 0 radical (unpaired) electrons. The SMILES string of the molecule is C[C@@H]1CN(S(=O)(=O)c2c(F)cccc2F)CCN1.Cl. The minimum Gasteiger partial charge on any atom is -0.312 e. The number of nitrogens with one attached hydrogen (secondary N) is 1. The van der Waals surface area contributed by atoms with Crippen molar-refractivity contribution in [3.8, 4) is 0 Å². The molecule has 1 atom stereocenters. The van der Waals surface area contributed by atoms with Gasteiger partial charge in [0.2, 0.25) is 10.0 Å². The Labute approximate surface area is 117 Å². The summed E-state index contributed by atoms with van der Waals surface area (Å²) in [5.41, 5.74) is 0. The van der Waals surface area contributed by atoms with Crippen LogP contribution >= 0.6 is 12.4 Å². The molecule has 19 heavy (non-hydrogen) atoms. The third kappa shape index (κ3) is 3.22. The molecule has 1 saturated heterocycles. The normalized spacial score (nSPS) is 20.9. The van der Waals surface area contributed by atoms with E-state index in [2.05, 4.69) is 5.32 Å². The summed E-state index contributed by atoms with van der Waals surface area (Å²) in [5, 5.41) is 3.07. The summed E-state index contributed by atoms with van der Waals surface area (Å²) >= 11 is 0. The molecule has 1 heterocycles. The van der Waals surface area contributed by atoms with Gasteiger partial charge in [0.05, 0.1) is 0 Å². The lowest BCUT2D eigenvalue weighted by molar-refractivity contribution is 0.307. The van der Waals surface area contributed by atoms with Crippen LogP contribution in [0.2, 0.25) is 0 Å². The van der Waals surface area contributed by atoms with Crippen LogP contribution in [0.15, 0.2) is 23.1 Å². The molecule has 2 rings (SSSR count). The van der Waals surface area contributed by atoms with E-state index in [-0.39, 0.29) is 31.5 Å². The number of rotatable bonds is 2. The average molecular weight is 313 g/mol. The molecule has 0 unspecified atom stereocenters. The van der Waals surface area contributed by atoms with Gasteiger partial charge in [0.15, 0.2) is 4.90 Å². The third-order valence-electron chi connectivity index (χ3n) is 2.85. The first kappa shape index (κ1) is 16.3. The van der Waals surface area contributed by atoms with E-state index in [4.69, 9.17) is 0 Å². The van der Waals surface area contributed by atoms with Crippen molar-refractivity contribution in [3.63, 3.8) is 0 Å². The zero-order valence-electron chi connectivity index (χ0n) is 10.3. The van der Waals surface area contributed by atoms with Gasteiger partial charge in [-0.25, -0.2) is 17.2 Å². The number of benzene rings is 1. The highest BCUT2D eigenvalue weighted by molar-refractivity contribution is 7.89. The van der Waals surface area contributed by atoms with Crippen LogP contribution in [-0.2, 0) is 10.0 Å². The molecule has 8 heteroatoms. The lowest BCUT2D eigenvalue weighted by atomic mass is 10.3. The summed E-state index contributed by atoms with van der Waals surface area (Å²) in [6, 6.07) is 3.00. The zero-order chi connectivity index (χ0) is 13.3. The van der Waals surface area contributed by atoms with Gasteiger partial charge >= 0.3 is 0 Å². The average Bonchev–Trinajstić information content (AvgIpc) is 2.28. The first-order chi connectivity index (χ1) is 8.43. The first-order valence-electron chi connectivity index (χ1n) is 5.60. The fraction of sp³-hybridized carbons (Fsp3) is 0.455. The molecule has 0 spiro atoms. The van der Waals surface area contributed by atoms with E-state index in [1.165, 1.54) is 0 Å². The largest absolute Gasteiger partial charge is 0.312 e. The van der Waals surface area contributed by atoms with Crippen molar-refractivity contribution in [2.45, 2.75) is 17.9 Å². The lowest BCUT2D eigenvalue weighted by Crippen LogP contribution is -2.51. The molecule has 0 saturated carbocycles. The summed E-state index contributed by atoms with van der Waals surface area (Å²) in [5.74, 6) is -2.11. The standard InChI is InChI=1S/C11H14F2N2O2S.ClH/c1-8-7-15(6-5-14-8)18(16,17)11-9(12)3-2-4-10(11)13;/h2-4,8,14H,5-7H2,1H3;1H/t8-;/m1./s1. The molecule has 0 amide bonds. The van der Waals surface area contributed by atoms with Gasteiger partial charge in [0, 0.05) is 25.7 Å². The maximum absolute atomic E-state index is 13.5. The quantitative estimate of drug-likeness (QED) is 0.897. The predicted octanol–water partition coefficient (Wildman–Crippen LogP) is 1.37. The van der Waals surface area contributed by atoms with Crippen LogP contribution in [0.3, 0.4) is 0 Å². The van der Waals surface area contributed by atoms with Gasteiger partial charge in [-0.05, 0) is 19.1 Å². The minimum absolute atomic E-state index is 0. The molecule has 1 aromatic rings. The van der Waals surface area contributed by atoms with Gasteiger partial charge in [-0.15, -0.1) is 12.4 Å². The van der Waals surface area contributed by atoms with Gasteiger partial charge in [-0.3, -0.25) is 0 Å². The number of halogens is 3. The molecular weight excluding hydrogens is 298 g/mol. The van der Waals surface area contributed by atoms with E-state index in [9.17, 15) is 17.2 Å². The molecule has 0 bridgehead atoms. The predicted molar refractivity (Wildman–Crippen MR) is 69.8 cm³/mol. The molecule has 108 valence electrons. The van der Waals surface area contributed by atoms with E-state index >= 15 is 0 Å². The number of piperazine rings is 1. The van der Waals surface area contributed by atoms with E-state index in [0.29, 0.717) is 6.54 Å². The molecule has 1 aliphatic heterocycles. The monoisotopic (exact) mass is 312 g/mol. The van der Waals surface area contributed by atoms with Crippen LogP contribution in [0.25, 0.3) is 0 Å². The van der Waals surface area contributed by atoms with Crippen LogP contribution in [-0.4, -0.2) is 38.4 Å². The highest BCUT2D eigenvalue weighted by atomic mass is 35.5. The number of sulfonamides is 1. The Morgan fingerprint density at radius 2 is 1.89 bits per heavy atom. The molecule has 1 aliphatic rings. The second kappa shape index (κ2) is 6.13. The van der Waals surface area contributed by atoms with Gasteiger partial charge in [0.1, 0.15) is 11.6 Å². The molecule has 1 fully saturated rings. The molecule has 4 nitrogen and oxygen atoms in total. The van der Waals surface area contributed by atoms with Gasteiger partial charge in [-0.2, -0.15) is 4.31 Å². The van der Waals surface area contributed by atoms with E-state index < -0.39 is 26.6 Å². The summed E-state index contributed by atoms with van der Waals surface area (Å²) in [6.45, 7) is 2.70. The van der Waals surface area contributed by atoms with Crippen molar-refractivity contribution in [2.24, 2.45) is 0 Å². The second-order valence-electron chi connectivity index (χ2n) is 4.27. The Kier molecular flexibility index (Phi) is 5.26. The van der Waals surface area contributed by atoms with E-state index in [1.54, 1.807) is 0 Å². The summed E-state index contributed by atoms with van der Waals surface area (Å²) < 4.78 is 52.6. The second-order valence-corrected chi connectivity index (χ2v) is 6.14. The van der Waals surface area contributed by atoms with E-state index in [1.807, 2.05) is 6.92 Å². The van der Waals surface area contributed by atoms with Crippen LogP contribution < -0.4 is 5.32 Å². The van der Waals surface area contributed by atoms with Crippen molar-refractivity contribution in [3.05, 3.63) is 29.8 Å². The maximum atomic E-state index is 13.5. The van der Waals surface area contributed by atoms with Crippen LogP contribution in [0.5, 0.6) is 0 Å². The highest BCUT2D eigenvalue weighted by Gasteiger charge is 2.32. The van der Waals surface area contributed by atoms with Gasteiger partial charge < -0.3 is 5.32 Å². The lowest BCUT2D eigenvalue weighted by Gasteiger charge is -2.31. The molecule has 1 aromatic carbocycles. The molecule has 1 N–H and O–H groups in total. The first-order valence-corrected chi connectivity index (χ1v) is 7.04. The Bertz CT molecular complexity index is 533. The smallest absolute Gasteiger partial charge is 0.249 e. The van der Waals surface area contributed by atoms with Gasteiger partial charge in [0.25, 0.3) is 0 Å². The topological polar surface area (TPSA) is 49.4 Å². The fourth-order valence-corrected chi connectivity index (χ4v) is 3.61.